The van der Waals surface area contributed by atoms with Crippen LogP contribution in [0.1, 0.15) is 23.7 Å². The number of urea groups is 1. The van der Waals surface area contributed by atoms with E-state index in [0.29, 0.717) is 23.0 Å². The normalized spacial score (nSPS) is 18.2. The zero-order chi connectivity index (χ0) is 22.5. The Balaban J connectivity index is 1.53. The van der Waals surface area contributed by atoms with Crippen molar-refractivity contribution < 1.29 is 9.53 Å². The lowest BCUT2D eigenvalue weighted by atomic mass is 9.88. The zero-order valence-corrected chi connectivity index (χ0v) is 18.7. The number of pyridine rings is 1. The summed E-state index contributed by atoms with van der Waals surface area (Å²) in [6.07, 6.45) is 5.83. The van der Waals surface area contributed by atoms with Gasteiger partial charge >= 0.3 is 6.03 Å². The summed E-state index contributed by atoms with van der Waals surface area (Å²) in [6, 6.07) is 10.5. The summed E-state index contributed by atoms with van der Waals surface area (Å²) in [7, 11) is 1.61. The fraction of sp³-hybridized carbons (Fsp3) is 0.304. The number of nitrogens with one attached hydrogen (secondary N) is 2. The number of halogens is 1. The molecule has 0 aliphatic carbocycles. The van der Waals surface area contributed by atoms with Gasteiger partial charge in [0.15, 0.2) is 0 Å². The van der Waals surface area contributed by atoms with Crippen molar-refractivity contribution in [3.8, 4) is 5.75 Å². The summed E-state index contributed by atoms with van der Waals surface area (Å²) in [6.45, 7) is 3.36. The molecule has 32 heavy (non-hydrogen) atoms. The Bertz CT molecular complexity index is 1060. The number of hydrogen-bond acceptors (Lipinski definition) is 6. The van der Waals surface area contributed by atoms with E-state index in [1.165, 1.54) is 0 Å². The Kier molecular flexibility index (Phi) is 6.70. The summed E-state index contributed by atoms with van der Waals surface area (Å²) >= 11 is 5.93. The Morgan fingerprint density at radius 2 is 1.91 bits per heavy atom. The molecule has 2 unspecified atom stereocenters. The van der Waals surface area contributed by atoms with Crippen LogP contribution in [0.5, 0.6) is 5.75 Å². The molecule has 1 aliphatic rings. The first-order valence-electron chi connectivity index (χ1n) is 10.4. The zero-order valence-electron chi connectivity index (χ0n) is 18.0. The molecular formula is C23H25ClN6O2. The van der Waals surface area contributed by atoms with Crippen LogP contribution in [0.2, 0.25) is 5.02 Å². The molecule has 2 N–H and O–H groups in total. The van der Waals surface area contributed by atoms with Crippen LogP contribution >= 0.6 is 11.6 Å². The number of piperidine rings is 1. The highest BCUT2D eigenvalue weighted by molar-refractivity contribution is 6.30. The van der Waals surface area contributed by atoms with Crippen LogP contribution in [-0.2, 0) is 0 Å². The molecule has 4 rings (SSSR count). The van der Waals surface area contributed by atoms with Gasteiger partial charge in [-0.05, 0) is 49.7 Å². The lowest BCUT2D eigenvalue weighted by Crippen LogP contribution is -2.51. The van der Waals surface area contributed by atoms with Crippen molar-refractivity contribution in [2.24, 2.45) is 0 Å². The van der Waals surface area contributed by atoms with Gasteiger partial charge in [-0.1, -0.05) is 11.6 Å². The molecule has 1 aliphatic heterocycles. The second kappa shape index (κ2) is 9.82. The van der Waals surface area contributed by atoms with E-state index >= 15 is 0 Å². The lowest BCUT2D eigenvalue weighted by Gasteiger charge is -2.39. The first-order chi connectivity index (χ1) is 15.5. The maximum Gasteiger partial charge on any atom is 0.319 e. The molecule has 3 heterocycles. The predicted octanol–water partition coefficient (Wildman–Crippen LogP) is 4.03. The molecule has 2 aromatic heterocycles. The molecule has 0 bridgehead atoms. The predicted molar refractivity (Wildman–Crippen MR) is 125 cm³/mol. The van der Waals surface area contributed by atoms with E-state index in [1.807, 2.05) is 19.1 Å². The van der Waals surface area contributed by atoms with Gasteiger partial charge in [-0.15, -0.1) is 0 Å². The molecule has 8 nitrogen and oxygen atoms in total. The third kappa shape index (κ3) is 5.08. The number of aromatic nitrogens is 3. The summed E-state index contributed by atoms with van der Waals surface area (Å²) in [5.74, 6) is 1.51. The van der Waals surface area contributed by atoms with Crippen LogP contribution in [0, 0.1) is 6.92 Å². The van der Waals surface area contributed by atoms with E-state index in [9.17, 15) is 4.79 Å². The highest BCUT2D eigenvalue weighted by atomic mass is 35.5. The Morgan fingerprint density at radius 3 is 2.59 bits per heavy atom. The van der Waals surface area contributed by atoms with Crippen LogP contribution in [0.3, 0.4) is 0 Å². The van der Waals surface area contributed by atoms with Gasteiger partial charge in [-0.25, -0.2) is 9.78 Å². The fourth-order valence-electron chi connectivity index (χ4n) is 3.93. The monoisotopic (exact) mass is 452 g/mol. The number of amides is 2. The number of carbonyl (C=O) groups is 1. The number of benzene rings is 1. The van der Waals surface area contributed by atoms with Crippen LogP contribution < -0.4 is 20.3 Å². The van der Waals surface area contributed by atoms with Crippen molar-refractivity contribution in [3.63, 3.8) is 0 Å². The molecule has 1 fully saturated rings. The van der Waals surface area contributed by atoms with Crippen molar-refractivity contribution in [1.29, 1.82) is 0 Å². The number of hydrogen-bond donors (Lipinski definition) is 2. The smallest absolute Gasteiger partial charge is 0.319 e. The quantitative estimate of drug-likeness (QED) is 0.607. The molecule has 0 spiro atoms. The summed E-state index contributed by atoms with van der Waals surface area (Å²) in [5, 5.41) is 6.62. The minimum atomic E-state index is -0.264. The van der Waals surface area contributed by atoms with Gasteiger partial charge in [0.25, 0.3) is 0 Å². The van der Waals surface area contributed by atoms with Gasteiger partial charge in [-0.2, -0.15) is 0 Å². The number of ether oxygens (including phenoxy) is 1. The average Bonchev–Trinajstić information content (AvgIpc) is 2.81. The average molecular weight is 453 g/mol. The standard InChI is InChI=1S/C23H25ClN6O2/c1-15-22(26-11-10-25-15)30-12-9-21(19(14-30)20-8-7-18(32-2)13-27-20)29-23(31)28-17-5-3-16(24)4-6-17/h3-8,10-11,13,19,21H,9,12,14H2,1-2H3,(H2,28,29,31). The van der Waals surface area contributed by atoms with Crippen molar-refractivity contribution in [3.05, 3.63) is 71.4 Å². The molecule has 166 valence electrons. The van der Waals surface area contributed by atoms with Gasteiger partial charge in [-0.3, -0.25) is 9.97 Å². The summed E-state index contributed by atoms with van der Waals surface area (Å²) in [5.41, 5.74) is 2.44. The second-order valence-corrected chi connectivity index (χ2v) is 8.08. The molecular weight excluding hydrogens is 428 g/mol. The minimum Gasteiger partial charge on any atom is -0.495 e. The highest BCUT2D eigenvalue weighted by Gasteiger charge is 2.33. The number of anilines is 2. The molecule has 0 saturated carbocycles. The maximum absolute atomic E-state index is 12.7. The SMILES string of the molecule is COc1ccc(C2CN(c3nccnc3C)CCC2NC(=O)Nc2ccc(Cl)cc2)nc1. The van der Waals surface area contributed by atoms with E-state index in [4.69, 9.17) is 16.3 Å². The third-order valence-electron chi connectivity index (χ3n) is 5.56. The summed E-state index contributed by atoms with van der Waals surface area (Å²) < 4.78 is 5.25. The van der Waals surface area contributed by atoms with Crippen LogP contribution in [-0.4, -0.2) is 47.2 Å². The van der Waals surface area contributed by atoms with Gasteiger partial charge in [0, 0.05) is 53.8 Å². The minimum absolute atomic E-state index is 0.0352. The maximum atomic E-state index is 12.7. The molecule has 1 saturated heterocycles. The number of carbonyl (C=O) groups excluding carboxylic acids is 1. The number of methoxy groups -OCH3 is 1. The van der Waals surface area contributed by atoms with E-state index < -0.39 is 0 Å². The van der Waals surface area contributed by atoms with Crippen molar-refractivity contribution in [2.75, 3.05) is 30.4 Å². The molecule has 1 aromatic carbocycles. The van der Waals surface area contributed by atoms with Crippen molar-refractivity contribution in [1.82, 2.24) is 20.3 Å². The first-order valence-corrected chi connectivity index (χ1v) is 10.8. The van der Waals surface area contributed by atoms with Crippen molar-refractivity contribution in [2.45, 2.75) is 25.3 Å². The van der Waals surface area contributed by atoms with Gasteiger partial charge in [0.1, 0.15) is 11.6 Å². The van der Waals surface area contributed by atoms with Crippen LogP contribution in [0.15, 0.2) is 55.0 Å². The van der Waals surface area contributed by atoms with Gasteiger partial charge in [0.05, 0.1) is 19.0 Å². The Morgan fingerprint density at radius 1 is 1.12 bits per heavy atom. The Hall–Kier alpha value is -3.39. The van der Waals surface area contributed by atoms with E-state index in [1.54, 1.807) is 50.0 Å². The van der Waals surface area contributed by atoms with Gasteiger partial charge < -0.3 is 20.3 Å². The van der Waals surface area contributed by atoms with E-state index in [2.05, 4.69) is 30.5 Å². The second-order valence-electron chi connectivity index (χ2n) is 7.64. The highest BCUT2D eigenvalue weighted by Crippen LogP contribution is 2.30. The fourth-order valence-corrected chi connectivity index (χ4v) is 4.05. The van der Waals surface area contributed by atoms with Crippen LogP contribution in [0.25, 0.3) is 0 Å². The van der Waals surface area contributed by atoms with E-state index in [-0.39, 0.29) is 18.0 Å². The molecule has 0 radical (unpaired) electrons. The number of aryl methyl sites for hydroxylation is 1. The molecule has 9 heteroatoms. The lowest BCUT2D eigenvalue weighted by molar-refractivity contribution is 0.243. The van der Waals surface area contributed by atoms with Crippen LogP contribution in [0.4, 0.5) is 16.3 Å². The number of rotatable bonds is 5. The number of nitrogens with zero attached hydrogens (tertiary/aromatic N) is 4. The third-order valence-corrected chi connectivity index (χ3v) is 5.81. The Labute approximate surface area is 192 Å². The van der Waals surface area contributed by atoms with Gasteiger partial charge in [0.2, 0.25) is 0 Å². The molecule has 3 aromatic rings. The topological polar surface area (TPSA) is 92.3 Å². The molecule has 2 atom stereocenters. The van der Waals surface area contributed by atoms with E-state index in [0.717, 1.165) is 30.2 Å². The molecule has 2 amide bonds. The summed E-state index contributed by atoms with van der Waals surface area (Å²) in [4.78, 5) is 28.4. The first kappa shape index (κ1) is 21.8. The van der Waals surface area contributed by atoms with Crippen molar-refractivity contribution >= 4 is 29.1 Å². The largest absolute Gasteiger partial charge is 0.495 e.